The standard InChI is InChI=1S/C4H4O4.C4H8O2/c5-3(6)1-2-4(7)8;1-2-3-4(5)6/h1-2H,(H,5,6)(H,7,8);2-3H2,1H3,(H,5,6)/b2-1-;. The van der Waals surface area contributed by atoms with Crippen LogP contribution in [0.5, 0.6) is 0 Å². The molecule has 6 nitrogen and oxygen atoms in total. The zero-order valence-electron chi connectivity index (χ0n) is 7.64. The van der Waals surface area contributed by atoms with Gasteiger partial charge in [-0.25, -0.2) is 9.59 Å². The molecule has 0 aliphatic heterocycles. The van der Waals surface area contributed by atoms with Crippen LogP contribution in [0.2, 0.25) is 0 Å². The zero-order valence-corrected chi connectivity index (χ0v) is 7.64. The number of hydrogen-bond acceptors (Lipinski definition) is 3. The highest BCUT2D eigenvalue weighted by molar-refractivity contribution is 5.89. The fourth-order valence-electron chi connectivity index (χ4n) is 0.356. The molecule has 0 fully saturated rings. The van der Waals surface area contributed by atoms with Crippen LogP contribution < -0.4 is 0 Å². The molecule has 0 saturated heterocycles. The Morgan fingerprint density at radius 3 is 1.43 bits per heavy atom. The predicted molar refractivity (Wildman–Crippen MR) is 47.0 cm³/mol. The van der Waals surface area contributed by atoms with E-state index in [1.165, 1.54) is 0 Å². The Morgan fingerprint density at radius 2 is 1.36 bits per heavy atom. The molecule has 0 rings (SSSR count). The summed E-state index contributed by atoms with van der Waals surface area (Å²) >= 11 is 0. The second-order valence-corrected chi connectivity index (χ2v) is 2.15. The molecule has 0 amide bonds. The second-order valence-electron chi connectivity index (χ2n) is 2.15. The van der Waals surface area contributed by atoms with Crippen molar-refractivity contribution in [3.05, 3.63) is 12.2 Å². The number of rotatable bonds is 4. The van der Waals surface area contributed by atoms with Gasteiger partial charge in [-0.15, -0.1) is 0 Å². The van der Waals surface area contributed by atoms with Gasteiger partial charge in [-0.1, -0.05) is 6.92 Å². The average molecular weight is 204 g/mol. The third-order valence-corrected chi connectivity index (χ3v) is 0.832. The first kappa shape index (κ1) is 14.7. The van der Waals surface area contributed by atoms with Gasteiger partial charge in [-0.2, -0.15) is 0 Å². The molecule has 80 valence electrons. The number of hydrogen-bond donors (Lipinski definition) is 3. The molecular weight excluding hydrogens is 192 g/mol. The minimum absolute atomic E-state index is 0.292. The lowest BCUT2D eigenvalue weighted by molar-refractivity contribution is -0.137. The third kappa shape index (κ3) is 22.5. The van der Waals surface area contributed by atoms with E-state index in [1.54, 1.807) is 0 Å². The van der Waals surface area contributed by atoms with Gasteiger partial charge in [-0.3, -0.25) is 4.79 Å². The van der Waals surface area contributed by atoms with E-state index >= 15 is 0 Å². The molecule has 0 bridgehead atoms. The van der Waals surface area contributed by atoms with E-state index < -0.39 is 17.9 Å². The highest BCUT2D eigenvalue weighted by Crippen LogP contribution is 1.82. The minimum atomic E-state index is -1.26. The van der Waals surface area contributed by atoms with Crippen LogP contribution in [0, 0.1) is 0 Å². The van der Waals surface area contributed by atoms with E-state index in [0.29, 0.717) is 18.6 Å². The summed E-state index contributed by atoms with van der Waals surface area (Å²) in [5, 5.41) is 23.5. The summed E-state index contributed by atoms with van der Waals surface area (Å²) in [6.45, 7) is 1.84. The molecule has 14 heavy (non-hydrogen) atoms. The topological polar surface area (TPSA) is 112 Å². The molecule has 0 atom stereocenters. The molecule has 3 N–H and O–H groups in total. The van der Waals surface area contributed by atoms with Crippen molar-refractivity contribution in [3.63, 3.8) is 0 Å². The molecule has 0 unspecified atom stereocenters. The second kappa shape index (κ2) is 9.24. The first-order valence-corrected chi connectivity index (χ1v) is 3.75. The summed E-state index contributed by atoms with van der Waals surface area (Å²) < 4.78 is 0. The number of carboxylic acids is 3. The van der Waals surface area contributed by atoms with Gasteiger partial charge < -0.3 is 15.3 Å². The summed E-state index contributed by atoms with van der Waals surface area (Å²) in [7, 11) is 0. The van der Waals surface area contributed by atoms with Crippen molar-refractivity contribution < 1.29 is 29.7 Å². The van der Waals surface area contributed by atoms with E-state index in [4.69, 9.17) is 15.3 Å². The van der Waals surface area contributed by atoms with E-state index in [1.807, 2.05) is 6.92 Å². The molecule has 0 aromatic rings. The fourth-order valence-corrected chi connectivity index (χ4v) is 0.356. The molecular formula is C8H12O6. The van der Waals surface area contributed by atoms with Gasteiger partial charge in [0.15, 0.2) is 0 Å². The van der Waals surface area contributed by atoms with Crippen LogP contribution in [-0.4, -0.2) is 33.2 Å². The number of carboxylic acid groups (broad SMARTS) is 3. The molecule has 0 spiro atoms. The van der Waals surface area contributed by atoms with Gasteiger partial charge in [-0.05, 0) is 6.42 Å². The van der Waals surface area contributed by atoms with Gasteiger partial charge in [0, 0.05) is 18.6 Å². The largest absolute Gasteiger partial charge is 0.481 e. The number of carbonyl (C=O) groups is 3. The molecule has 0 radical (unpaired) electrons. The van der Waals surface area contributed by atoms with Crippen LogP contribution >= 0.6 is 0 Å². The summed E-state index contributed by atoms with van der Waals surface area (Å²) in [6.07, 6.45) is 2.14. The van der Waals surface area contributed by atoms with Crippen LogP contribution in [0.3, 0.4) is 0 Å². The quantitative estimate of drug-likeness (QED) is 0.577. The monoisotopic (exact) mass is 204 g/mol. The summed E-state index contributed by atoms with van der Waals surface area (Å²) in [5.74, 6) is -3.22. The third-order valence-electron chi connectivity index (χ3n) is 0.832. The lowest BCUT2D eigenvalue weighted by Crippen LogP contribution is -1.91. The van der Waals surface area contributed by atoms with Gasteiger partial charge in [0.05, 0.1) is 0 Å². The Morgan fingerprint density at radius 1 is 1.00 bits per heavy atom. The SMILES string of the molecule is CCCC(=O)O.O=C(O)/C=C\C(=O)O. The normalized spacial score (nSPS) is 8.93. The van der Waals surface area contributed by atoms with E-state index in [-0.39, 0.29) is 0 Å². The van der Waals surface area contributed by atoms with Crippen molar-refractivity contribution in [1.82, 2.24) is 0 Å². The molecule has 0 aromatic carbocycles. The number of aliphatic carboxylic acids is 3. The van der Waals surface area contributed by atoms with Crippen molar-refractivity contribution in [2.45, 2.75) is 19.8 Å². The Balaban J connectivity index is 0. The van der Waals surface area contributed by atoms with Gasteiger partial charge in [0.1, 0.15) is 0 Å². The minimum Gasteiger partial charge on any atom is -0.481 e. The van der Waals surface area contributed by atoms with E-state index in [9.17, 15) is 14.4 Å². The zero-order chi connectivity index (χ0) is 11.6. The molecule has 0 heterocycles. The molecule has 0 saturated carbocycles. The molecule has 6 heteroatoms. The smallest absolute Gasteiger partial charge is 0.328 e. The average Bonchev–Trinajstić information content (AvgIpc) is 2.01. The van der Waals surface area contributed by atoms with Crippen molar-refractivity contribution >= 4 is 17.9 Å². The van der Waals surface area contributed by atoms with Gasteiger partial charge in [0.2, 0.25) is 0 Å². The fraction of sp³-hybridized carbons (Fsp3) is 0.375. The van der Waals surface area contributed by atoms with E-state index in [2.05, 4.69) is 0 Å². The van der Waals surface area contributed by atoms with Crippen molar-refractivity contribution in [2.75, 3.05) is 0 Å². The first-order valence-electron chi connectivity index (χ1n) is 3.75. The Bertz CT molecular complexity index is 214. The van der Waals surface area contributed by atoms with Crippen LogP contribution in [-0.2, 0) is 14.4 Å². The summed E-state index contributed by atoms with van der Waals surface area (Å²) in [5.41, 5.74) is 0. The van der Waals surface area contributed by atoms with Crippen molar-refractivity contribution in [3.8, 4) is 0 Å². The van der Waals surface area contributed by atoms with Crippen LogP contribution in [0.4, 0.5) is 0 Å². The molecule has 0 aliphatic carbocycles. The summed E-state index contributed by atoms with van der Waals surface area (Å²) in [6, 6.07) is 0. The van der Waals surface area contributed by atoms with Gasteiger partial charge in [0.25, 0.3) is 0 Å². The summed E-state index contributed by atoms with van der Waals surface area (Å²) in [4.78, 5) is 28.7. The maximum atomic E-state index is 9.60. The lowest BCUT2D eigenvalue weighted by Gasteiger charge is -1.79. The van der Waals surface area contributed by atoms with Gasteiger partial charge >= 0.3 is 17.9 Å². The highest BCUT2D eigenvalue weighted by atomic mass is 16.4. The molecule has 0 aromatic heterocycles. The highest BCUT2D eigenvalue weighted by Gasteiger charge is 1.88. The van der Waals surface area contributed by atoms with E-state index in [0.717, 1.165) is 6.42 Å². The van der Waals surface area contributed by atoms with Crippen LogP contribution in [0.15, 0.2) is 12.2 Å². The Kier molecular flexibility index (Phi) is 9.68. The Hall–Kier alpha value is -1.85. The lowest BCUT2D eigenvalue weighted by atomic mass is 10.4. The van der Waals surface area contributed by atoms with Crippen LogP contribution in [0.1, 0.15) is 19.8 Å². The maximum Gasteiger partial charge on any atom is 0.328 e. The predicted octanol–water partition coefficient (Wildman–Crippen LogP) is 0.583. The Labute approximate surface area is 80.5 Å². The van der Waals surface area contributed by atoms with Crippen LogP contribution in [0.25, 0.3) is 0 Å². The first-order chi connectivity index (χ1) is 6.40. The van der Waals surface area contributed by atoms with Crippen molar-refractivity contribution in [1.29, 1.82) is 0 Å². The maximum absolute atomic E-state index is 9.60. The molecule has 0 aliphatic rings. The van der Waals surface area contributed by atoms with Crippen molar-refractivity contribution in [2.24, 2.45) is 0 Å².